The van der Waals surface area contributed by atoms with Crippen molar-refractivity contribution in [2.75, 3.05) is 13.7 Å². The van der Waals surface area contributed by atoms with Crippen LogP contribution in [0.1, 0.15) is 17.2 Å². The van der Waals surface area contributed by atoms with Gasteiger partial charge in [-0.15, -0.1) is 0 Å². The first-order chi connectivity index (χ1) is 9.74. The molecule has 0 spiro atoms. The lowest BCUT2D eigenvalue weighted by Crippen LogP contribution is -2.10. The van der Waals surface area contributed by atoms with Crippen molar-refractivity contribution in [2.45, 2.75) is 6.10 Å². The lowest BCUT2D eigenvalue weighted by atomic mass is 10.1. The molecule has 1 atom stereocenters. The van der Waals surface area contributed by atoms with Crippen LogP contribution in [0, 0.1) is 11.3 Å². The highest BCUT2D eigenvalue weighted by atomic mass is 16.5. The summed E-state index contributed by atoms with van der Waals surface area (Å²) in [5.74, 6) is 1.21. The van der Waals surface area contributed by atoms with Crippen LogP contribution in [0.3, 0.4) is 0 Å². The summed E-state index contributed by atoms with van der Waals surface area (Å²) < 4.78 is 10.7. The number of nitrogens with zero attached hydrogens (tertiary/aromatic N) is 1. The molecule has 0 heterocycles. The Kier molecular flexibility index (Phi) is 4.59. The summed E-state index contributed by atoms with van der Waals surface area (Å²) in [4.78, 5) is 0. The van der Waals surface area contributed by atoms with Crippen LogP contribution in [0.2, 0.25) is 0 Å². The zero-order chi connectivity index (χ0) is 14.4. The number of hydrogen-bond acceptors (Lipinski definition) is 4. The molecule has 0 aromatic heterocycles. The minimum absolute atomic E-state index is 0.117. The fourth-order valence-electron chi connectivity index (χ4n) is 1.78. The van der Waals surface area contributed by atoms with Gasteiger partial charge in [-0.3, -0.25) is 0 Å². The monoisotopic (exact) mass is 269 g/mol. The Morgan fingerprint density at radius 2 is 1.75 bits per heavy atom. The van der Waals surface area contributed by atoms with E-state index in [0.717, 1.165) is 0 Å². The first-order valence-electron chi connectivity index (χ1n) is 6.18. The van der Waals surface area contributed by atoms with Crippen LogP contribution < -0.4 is 9.47 Å². The second kappa shape index (κ2) is 6.60. The fraction of sp³-hybridized carbons (Fsp3) is 0.188. The molecule has 4 heteroatoms. The van der Waals surface area contributed by atoms with Crippen LogP contribution in [0.15, 0.2) is 48.5 Å². The molecule has 0 saturated heterocycles. The van der Waals surface area contributed by atoms with Gasteiger partial charge in [0.1, 0.15) is 12.7 Å². The molecule has 4 nitrogen and oxygen atoms in total. The van der Waals surface area contributed by atoms with Crippen LogP contribution in [-0.2, 0) is 0 Å². The van der Waals surface area contributed by atoms with Gasteiger partial charge in [0, 0.05) is 0 Å². The Labute approximate surface area is 117 Å². The first kappa shape index (κ1) is 13.9. The van der Waals surface area contributed by atoms with Gasteiger partial charge in [0.15, 0.2) is 11.5 Å². The highest BCUT2D eigenvalue weighted by Crippen LogP contribution is 2.27. The molecule has 0 aliphatic rings. The molecule has 0 bridgehead atoms. The van der Waals surface area contributed by atoms with Crippen LogP contribution in [-0.4, -0.2) is 18.8 Å². The quantitative estimate of drug-likeness (QED) is 0.906. The van der Waals surface area contributed by atoms with Crippen molar-refractivity contribution in [1.29, 1.82) is 5.26 Å². The van der Waals surface area contributed by atoms with E-state index in [1.165, 1.54) is 0 Å². The number of rotatable bonds is 5. The zero-order valence-electron chi connectivity index (χ0n) is 11.1. The van der Waals surface area contributed by atoms with E-state index in [0.29, 0.717) is 22.6 Å². The summed E-state index contributed by atoms with van der Waals surface area (Å²) in [6, 6.07) is 16.1. The lowest BCUT2D eigenvalue weighted by Gasteiger charge is -2.14. The molecule has 2 aromatic rings. The molecular formula is C16H15NO3. The lowest BCUT2D eigenvalue weighted by molar-refractivity contribution is 0.106. The molecule has 0 aliphatic carbocycles. The van der Waals surface area contributed by atoms with Gasteiger partial charge in [-0.25, -0.2) is 0 Å². The number of aliphatic hydroxyl groups is 1. The average molecular weight is 269 g/mol. The third kappa shape index (κ3) is 3.28. The standard InChI is InChI=1S/C16H15NO3/c1-19-15-4-2-3-5-16(15)20-11-14(18)13-8-6-12(10-17)7-9-13/h2-9,14,18H,11H2,1H3. The highest BCUT2D eigenvalue weighted by molar-refractivity contribution is 5.39. The number of ether oxygens (including phenoxy) is 2. The van der Waals surface area contributed by atoms with E-state index in [2.05, 4.69) is 0 Å². The predicted octanol–water partition coefficient (Wildman–Crippen LogP) is 2.68. The van der Waals surface area contributed by atoms with Crippen LogP contribution in [0.25, 0.3) is 0 Å². The smallest absolute Gasteiger partial charge is 0.161 e. The summed E-state index contributed by atoms with van der Waals surface area (Å²) in [6.45, 7) is 0.117. The SMILES string of the molecule is COc1ccccc1OCC(O)c1ccc(C#N)cc1. The Morgan fingerprint density at radius 1 is 1.10 bits per heavy atom. The molecule has 1 N–H and O–H groups in total. The maximum Gasteiger partial charge on any atom is 0.161 e. The minimum Gasteiger partial charge on any atom is -0.493 e. The van der Waals surface area contributed by atoms with Crippen LogP contribution in [0.4, 0.5) is 0 Å². The number of para-hydroxylation sites is 2. The van der Waals surface area contributed by atoms with Gasteiger partial charge in [0.2, 0.25) is 0 Å². The molecule has 2 rings (SSSR count). The Morgan fingerprint density at radius 3 is 2.35 bits per heavy atom. The summed E-state index contributed by atoms with van der Waals surface area (Å²) in [5.41, 5.74) is 1.27. The van der Waals surface area contributed by atoms with E-state index < -0.39 is 6.10 Å². The van der Waals surface area contributed by atoms with Gasteiger partial charge in [-0.2, -0.15) is 5.26 Å². The Bertz CT molecular complexity index is 602. The number of methoxy groups -OCH3 is 1. The van der Waals surface area contributed by atoms with Gasteiger partial charge < -0.3 is 14.6 Å². The van der Waals surface area contributed by atoms with Crippen molar-refractivity contribution in [2.24, 2.45) is 0 Å². The molecule has 0 amide bonds. The van der Waals surface area contributed by atoms with E-state index in [-0.39, 0.29) is 6.61 Å². The molecule has 0 saturated carbocycles. The molecular weight excluding hydrogens is 254 g/mol. The Balaban J connectivity index is 2.01. The maximum atomic E-state index is 10.1. The van der Waals surface area contributed by atoms with Crippen molar-refractivity contribution in [3.8, 4) is 17.6 Å². The molecule has 0 fully saturated rings. The minimum atomic E-state index is -0.757. The molecule has 102 valence electrons. The first-order valence-corrected chi connectivity index (χ1v) is 6.18. The molecule has 2 aromatic carbocycles. The van der Waals surface area contributed by atoms with Gasteiger partial charge >= 0.3 is 0 Å². The van der Waals surface area contributed by atoms with E-state index in [9.17, 15) is 5.11 Å². The number of benzene rings is 2. The fourth-order valence-corrected chi connectivity index (χ4v) is 1.78. The number of hydrogen-bond donors (Lipinski definition) is 1. The topological polar surface area (TPSA) is 62.5 Å². The van der Waals surface area contributed by atoms with Crippen molar-refractivity contribution >= 4 is 0 Å². The van der Waals surface area contributed by atoms with Crippen molar-refractivity contribution in [3.05, 3.63) is 59.7 Å². The normalized spacial score (nSPS) is 11.4. The van der Waals surface area contributed by atoms with Gasteiger partial charge in [0.25, 0.3) is 0 Å². The van der Waals surface area contributed by atoms with E-state index >= 15 is 0 Å². The molecule has 0 aliphatic heterocycles. The number of aliphatic hydroxyl groups excluding tert-OH is 1. The molecule has 0 radical (unpaired) electrons. The summed E-state index contributed by atoms with van der Waals surface area (Å²) in [6.07, 6.45) is -0.757. The Hall–Kier alpha value is -2.51. The molecule has 20 heavy (non-hydrogen) atoms. The van der Waals surface area contributed by atoms with Crippen LogP contribution >= 0.6 is 0 Å². The van der Waals surface area contributed by atoms with E-state index in [1.807, 2.05) is 18.2 Å². The van der Waals surface area contributed by atoms with Crippen LogP contribution in [0.5, 0.6) is 11.5 Å². The summed E-state index contributed by atoms with van der Waals surface area (Å²) in [7, 11) is 1.57. The second-order valence-electron chi connectivity index (χ2n) is 4.21. The number of nitriles is 1. The second-order valence-corrected chi connectivity index (χ2v) is 4.21. The molecule has 1 unspecified atom stereocenters. The van der Waals surface area contributed by atoms with E-state index in [1.54, 1.807) is 43.5 Å². The van der Waals surface area contributed by atoms with Crippen molar-refractivity contribution < 1.29 is 14.6 Å². The summed E-state index contributed by atoms with van der Waals surface area (Å²) >= 11 is 0. The van der Waals surface area contributed by atoms with E-state index in [4.69, 9.17) is 14.7 Å². The summed E-state index contributed by atoms with van der Waals surface area (Å²) in [5, 5.41) is 18.8. The maximum absolute atomic E-state index is 10.1. The third-order valence-corrected chi connectivity index (χ3v) is 2.89. The largest absolute Gasteiger partial charge is 0.493 e. The zero-order valence-corrected chi connectivity index (χ0v) is 11.1. The van der Waals surface area contributed by atoms with Crippen molar-refractivity contribution in [3.63, 3.8) is 0 Å². The van der Waals surface area contributed by atoms with Gasteiger partial charge in [0.05, 0.1) is 18.7 Å². The van der Waals surface area contributed by atoms with Gasteiger partial charge in [-0.1, -0.05) is 24.3 Å². The van der Waals surface area contributed by atoms with Crippen molar-refractivity contribution in [1.82, 2.24) is 0 Å². The third-order valence-electron chi connectivity index (χ3n) is 2.89. The average Bonchev–Trinajstić information content (AvgIpc) is 2.53. The predicted molar refractivity (Wildman–Crippen MR) is 74.6 cm³/mol. The highest BCUT2D eigenvalue weighted by Gasteiger charge is 2.10. The van der Waals surface area contributed by atoms with Gasteiger partial charge in [-0.05, 0) is 29.8 Å².